The maximum absolute atomic E-state index is 6.73. The fourth-order valence-corrected chi connectivity index (χ4v) is 12.1. The Bertz CT molecular complexity index is 2700. The van der Waals surface area contributed by atoms with Gasteiger partial charge in [0.1, 0.15) is 11.5 Å². The summed E-state index contributed by atoms with van der Waals surface area (Å²) in [6.07, 6.45) is 6.77. The lowest BCUT2D eigenvalue weighted by atomic mass is 9.41. The lowest BCUT2D eigenvalue weighted by Crippen LogP contribution is -2.56. The number of aromatic nitrogens is 3. The summed E-state index contributed by atoms with van der Waals surface area (Å²) in [5.41, 5.74) is 13.3. The molecule has 4 nitrogen and oxygen atoms in total. The molecule has 13 rings (SSSR count). The van der Waals surface area contributed by atoms with Crippen LogP contribution in [0.4, 0.5) is 0 Å². The van der Waals surface area contributed by atoms with Crippen molar-refractivity contribution in [2.75, 3.05) is 0 Å². The van der Waals surface area contributed by atoms with Crippen molar-refractivity contribution >= 4 is 0 Å². The smallest absolute Gasteiger partial charge is 0.164 e. The number of nitrogens with zero attached hydrogens (tertiary/aromatic N) is 3. The fourth-order valence-electron chi connectivity index (χ4n) is 12.1. The summed E-state index contributed by atoms with van der Waals surface area (Å²) < 4.78 is 6.73. The number of ether oxygens (including phenoxy) is 1. The van der Waals surface area contributed by atoms with Crippen molar-refractivity contribution in [2.45, 2.75) is 56.8 Å². The molecule has 4 fully saturated rings. The highest BCUT2D eigenvalue weighted by molar-refractivity contribution is 5.83. The van der Waals surface area contributed by atoms with Crippen molar-refractivity contribution in [2.24, 2.45) is 23.7 Å². The Kier molecular flexibility index (Phi) is 6.83. The first-order chi connectivity index (χ1) is 27.4. The second-order valence-electron chi connectivity index (χ2n) is 17.7. The van der Waals surface area contributed by atoms with Gasteiger partial charge in [-0.15, -0.1) is 0 Å². The Morgan fingerprint density at radius 1 is 0.429 bits per heavy atom. The summed E-state index contributed by atoms with van der Waals surface area (Å²) in [6, 6.07) is 50.4. The van der Waals surface area contributed by atoms with Crippen LogP contribution in [0, 0.1) is 23.7 Å². The van der Waals surface area contributed by atoms with Crippen molar-refractivity contribution < 1.29 is 4.74 Å². The van der Waals surface area contributed by atoms with E-state index in [4.69, 9.17) is 19.7 Å². The largest absolute Gasteiger partial charge is 0.457 e. The standard InChI is InChI=1S/C52H43N3O/c1-51(2)42-16-7-6-15-40(42)41-21-19-37(30-44(41)51)50-54-48(33-11-4-3-5-12-33)53-49(55-50)36-14-10-13-34(28-36)35-20-22-47-45(29-35)52(43-17-8-9-18-46(43)56-47)38-24-31-23-32(26-38)27-39(52)25-31/h3-22,28-32,38-39H,23-27H2,1-2H3. The lowest BCUT2D eigenvalue weighted by molar-refractivity contribution is -0.0452. The molecular formula is C52H43N3O. The van der Waals surface area contributed by atoms with Crippen molar-refractivity contribution in [1.82, 2.24) is 15.0 Å². The van der Waals surface area contributed by atoms with Gasteiger partial charge < -0.3 is 4.74 Å². The molecule has 272 valence electrons. The highest BCUT2D eigenvalue weighted by Gasteiger charge is 2.61. The van der Waals surface area contributed by atoms with Crippen LogP contribution in [0.1, 0.15) is 68.2 Å². The zero-order valence-corrected chi connectivity index (χ0v) is 31.9. The van der Waals surface area contributed by atoms with E-state index in [1.54, 1.807) is 0 Å². The average Bonchev–Trinajstić information content (AvgIpc) is 3.47. The van der Waals surface area contributed by atoms with Crippen LogP contribution in [0.15, 0.2) is 140 Å². The van der Waals surface area contributed by atoms with Gasteiger partial charge in [-0.05, 0) is 119 Å². The third-order valence-corrected chi connectivity index (χ3v) is 14.4. The molecule has 0 N–H and O–H groups in total. The van der Waals surface area contributed by atoms with Crippen LogP contribution in [0.5, 0.6) is 11.5 Å². The number of benzene rings is 6. The molecular weight excluding hydrogens is 683 g/mol. The Morgan fingerprint density at radius 3 is 1.73 bits per heavy atom. The van der Waals surface area contributed by atoms with E-state index in [1.807, 2.05) is 18.2 Å². The zero-order chi connectivity index (χ0) is 37.2. The Labute approximate surface area is 328 Å². The summed E-state index contributed by atoms with van der Waals surface area (Å²) in [6.45, 7) is 4.63. The van der Waals surface area contributed by atoms with Gasteiger partial charge in [-0.2, -0.15) is 0 Å². The van der Waals surface area contributed by atoms with Crippen molar-refractivity contribution in [3.63, 3.8) is 0 Å². The van der Waals surface area contributed by atoms with Crippen LogP contribution in [0.2, 0.25) is 0 Å². The first kappa shape index (κ1) is 32.4. The van der Waals surface area contributed by atoms with Gasteiger partial charge >= 0.3 is 0 Å². The number of fused-ring (bicyclic) bond motifs is 5. The van der Waals surface area contributed by atoms with E-state index in [-0.39, 0.29) is 10.8 Å². The minimum Gasteiger partial charge on any atom is -0.457 e. The first-order valence-electron chi connectivity index (χ1n) is 20.5. The van der Waals surface area contributed by atoms with Crippen LogP contribution in [0.3, 0.4) is 0 Å². The van der Waals surface area contributed by atoms with E-state index in [0.29, 0.717) is 29.3 Å². The quantitative estimate of drug-likeness (QED) is 0.181. The second kappa shape index (κ2) is 11.8. The van der Waals surface area contributed by atoms with Gasteiger partial charge in [0.25, 0.3) is 0 Å². The predicted octanol–water partition coefficient (Wildman–Crippen LogP) is 12.7. The van der Waals surface area contributed by atoms with Crippen LogP contribution < -0.4 is 4.74 Å². The third-order valence-electron chi connectivity index (χ3n) is 14.4. The maximum Gasteiger partial charge on any atom is 0.164 e. The number of hydrogen-bond donors (Lipinski definition) is 0. The molecule has 56 heavy (non-hydrogen) atoms. The highest BCUT2D eigenvalue weighted by Crippen LogP contribution is 2.69. The van der Waals surface area contributed by atoms with Crippen LogP contribution in [-0.2, 0) is 10.8 Å². The van der Waals surface area contributed by atoms with Gasteiger partial charge in [-0.3, -0.25) is 0 Å². The topological polar surface area (TPSA) is 47.9 Å². The molecule has 0 amide bonds. The predicted molar refractivity (Wildman–Crippen MR) is 223 cm³/mol. The Balaban J connectivity index is 0.977. The summed E-state index contributed by atoms with van der Waals surface area (Å²) in [5, 5.41) is 0. The van der Waals surface area contributed by atoms with E-state index in [9.17, 15) is 0 Å². The molecule has 4 saturated carbocycles. The SMILES string of the molecule is CC1(C)c2ccccc2-c2ccc(-c3nc(-c4ccccc4)nc(-c4cccc(-c5ccc6c(c5)C5(c7ccccc7O6)C6CC7CC(C6)CC5C7)c4)n3)cc21. The van der Waals surface area contributed by atoms with Gasteiger partial charge in [0.2, 0.25) is 0 Å². The summed E-state index contributed by atoms with van der Waals surface area (Å²) in [4.78, 5) is 15.5. The van der Waals surface area contributed by atoms with E-state index in [2.05, 4.69) is 135 Å². The number of para-hydroxylation sites is 1. The van der Waals surface area contributed by atoms with Gasteiger partial charge in [0.05, 0.1) is 0 Å². The Hall–Kier alpha value is -5.87. The molecule has 2 heterocycles. The van der Waals surface area contributed by atoms with Crippen LogP contribution in [-0.4, -0.2) is 15.0 Å². The van der Waals surface area contributed by atoms with Gasteiger partial charge in [-0.25, -0.2) is 15.0 Å². The van der Waals surface area contributed by atoms with E-state index in [1.165, 1.54) is 71.0 Å². The summed E-state index contributed by atoms with van der Waals surface area (Å²) in [5.74, 6) is 7.19. The Morgan fingerprint density at radius 2 is 0.964 bits per heavy atom. The molecule has 0 radical (unpaired) electrons. The normalized spacial score (nSPS) is 24.2. The molecule has 1 aromatic heterocycles. The number of hydrogen-bond acceptors (Lipinski definition) is 4. The summed E-state index contributed by atoms with van der Waals surface area (Å²) >= 11 is 0. The minimum atomic E-state index is -0.119. The minimum absolute atomic E-state index is 0.00467. The molecule has 4 heteroatoms. The molecule has 5 aliphatic carbocycles. The fraction of sp³-hybridized carbons (Fsp3) is 0.250. The molecule has 1 spiro atoms. The van der Waals surface area contributed by atoms with Crippen LogP contribution in [0.25, 0.3) is 56.4 Å². The highest BCUT2D eigenvalue weighted by atomic mass is 16.5. The van der Waals surface area contributed by atoms with E-state index in [0.717, 1.165) is 45.6 Å². The molecule has 6 aliphatic rings. The van der Waals surface area contributed by atoms with Gasteiger partial charge in [0, 0.05) is 38.6 Å². The van der Waals surface area contributed by atoms with Crippen molar-refractivity contribution in [3.05, 3.63) is 162 Å². The third kappa shape index (κ3) is 4.62. The van der Waals surface area contributed by atoms with E-state index < -0.39 is 0 Å². The number of rotatable bonds is 4. The molecule has 0 unspecified atom stereocenters. The maximum atomic E-state index is 6.73. The molecule has 1 aliphatic heterocycles. The molecule has 0 saturated heterocycles. The lowest BCUT2D eigenvalue weighted by Gasteiger charge is -2.63. The monoisotopic (exact) mass is 725 g/mol. The molecule has 7 aromatic rings. The van der Waals surface area contributed by atoms with Gasteiger partial charge in [0.15, 0.2) is 17.5 Å². The van der Waals surface area contributed by atoms with Crippen LogP contribution >= 0.6 is 0 Å². The second-order valence-corrected chi connectivity index (χ2v) is 17.7. The average molecular weight is 726 g/mol. The first-order valence-corrected chi connectivity index (χ1v) is 20.5. The van der Waals surface area contributed by atoms with Crippen molar-refractivity contribution in [1.29, 1.82) is 0 Å². The molecule has 0 atom stereocenters. The zero-order valence-electron chi connectivity index (χ0n) is 31.9. The molecule has 6 aromatic carbocycles. The van der Waals surface area contributed by atoms with E-state index >= 15 is 0 Å². The van der Waals surface area contributed by atoms with Gasteiger partial charge in [-0.1, -0.05) is 123 Å². The van der Waals surface area contributed by atoms with Crippen molar-refractivity contribution in [3.8, 4) is 67.9 Å². The molecule has 4 bridgehead atoms. The summed E-state index contributed by atoms with van der Waals surface area (Å²) in [7, 11) is 0.